The highest BCUT2D eigenvalue weighted by Gasteiger charge is 2.36. The Morgan fingerprint density at radius 3 is 2.00 bits per heavy atom. The number of halogens is 3. The van der Waals surface area contributed by atoms with Crippen LogP contribution in [0.1, 0.15) is 25.8 Å². The van der Waals surface area contributed by atoms with Crippen molar-refractivity contribution in [2.24, 2.45) is 5.73 Å². The Kier molecular flexibility index (Phi) is 3.09. The zero-order chi connectivity index (χ0) is 11.7. The molecule has 15 heavy (non-hydrogen) atoms. The Bertz CT molecular complexity index is 325. The average Bonchev–Trinajstić information content (AvgIpc) is 2.00. The van der Waals surface area contributed by atoms with Crippen molar-refractivity contribution < 1.29 is 13.2 Å². The van der Waals surface area contributed by atoms with Crippen molar-refractivity contribution in [3.8, 4) is 0 Å². The Balaban J connectivity index is 2.90. The molecule has 0 aliphatic rings. The molecule has 0 radical (unpaired) electrons. The maximum Gasteiger partial charge on any atom is 0.274 e. The van der Waals surface area contributed by atoms with E-state index in [4.69, 9.17) is 5.73 Å². The molecule has 0 aromatic heterocycles. The Labute approximate surface area is 87.1 Å². The van der Waals surface area contributed by atoms with Gasteiger partial charge < -0.3 is 5.73 Å². The predicted octanol–water partition coefficient (Wildman–Crippen LogP) is 3.04. The SMILES string of the molecule is CC(C)(N)CC(F)(F)c1ccc(F)cc1. The molecule has 0 aliphatic carbocycles. The third-order valence-corrected chi connectivity index (χ3v) is 1.94. The van der Waals surface area contributed by atoms with Crippen molar-refractivity contribution in [3.63, 3.8) is 0 Å². The highest BCUT2D eigenvalue weighted by Crippen LogP contribution is 2.35. The van der Waals surface area contributed by atoms with E-state index in [2.05, 4.69) is 0 Å². The average molecular weight is 217 g/mol. The van der Waals surface area contributed by atoms with Gasteiger partial charge in [0, 0.05) is 17.5 Å². The summed E-state index contributed by atoms with van der Waals surface area (Å²) in [7, 11) is 0. The maximum absolute atomic E-state index is 13.6. The minimum absolute atomic E-state index is 0.206. The molecule has 1 aromatic carbocycles. The summed E-state index contributed by atoms with van der Waals surface area (Å²) in [5.41, 5.74) is 4.37. The third kappa shape index (κ3) is 3.55. The van der Waals surface area contributed by atoms with Gasteiger partial charge >= 0.3 is 0 Å². The van der Waals surface area contributed by atoms with Crippen LogP contribution in [0.25, 0.3) is 0 Å². The van der Waals surface area contributed by atoms with E-state index in [-0.39, 0.29) is 5.56 Å². The van der Waals surface area contributed by atoms with Crippen molar-refractivity contribution >= 4 is 0 Å². The van der Waals surface area contributed by atoms with Crippen LogP contribution in [0.3, 0.4) is 0 Å². The first-order valence-corrected chi connectivity index (χ1v) is 4.63. The molecule has 0 bridgehead atoms. The lowest BCUT2D eigenvalue weighted by Crippen LogP contribution is -2.38. The zero-order valence-corrected chi connectivity index (χ0v) is 8.73. The van der Waals surface area contributed by atoms with Crippen LogP contribution in [0, 0.1) is 5.82 Å². The van der Waals surface area contributed by atoms with Crippen LogP contribution in [0.5, 0.6) is 0 Å². The summed E-state index contributed by atoms with van der Waals surface area (Å²) in [4.78, 5) is 0. The molecular formula is C11H14F3N. The van der Waals surface area contributed by atoms with E-state index >= 15 is 0 Å². The summed E-state index contributed by atoms with van der Waals surface area (Å²) in [6.45, 7) is 3.06. The van der Waals surface area contributed by atoms with Crippen LogP contribution in [-0.2, 0) is 5.92 Å². The van der Waals surface area contributed by atoms with Crippen molar-refractivity contribution in [2.75, 3.05) is 0 Å². The molecule has 0 spiro atoms. The van der Waals surface area contributed by atoms with Gasteiger partial charge in [0.1, 0.15) is 5.82 Å². The molecule has 84 valence electrons. The fraction of sp³-hybridized carbons (Fsp3) is 0.455. The molecule has 0 amide bonds. The van der Waals surface area contributed by atoms with Crippen LogP contribution in [0.2, 0.25) is 0 Å². The van der Waals surface area contributed by atoms with Crippen LogP contribution >= 0.6 is 0 Å². The van der Waals surface area contributed by atoms with Crippen molar-refractivity contribution in [1.82, 2.24) is 0 Å². The van der Waals surface area contributed by atoms with Crippen LogP contribution in [0.15, 0.2) is 24.3 Å². The van der Waals surface area contributed by atoms with E-state index in [9.17, 15) is 13.2 Å². The molecule has 0 unspecified atom stereocenters. The molecule has 2 N–H and O–H groups in total. The highest BCUT2D eigenvalue weighted by atomic mass is 19.3. The largest absolute Gasteiger partial charge is 0.325 e. The van der Waals surface area contributed by atoms with Gasteiger partial charge in [-0.1, -0.05) is 12.1 Å². The van der Waals surface area contributed by atoms with E-state index in [1.807, 2.05) is 0 Å². The molecule has 0 saturated heterocycles. The quantitative estimate of drug-likeness (QED) is 0.827. The smallest absolute Gasteiger partial charge is 0.274 e. The molecular weight excluding hydrogens is 203 g/mol. The van der Waals surface area contributed by atoms with Gasteiger partial charge in [0.15, 0.2) is 0 Å². The third-order valence-electron chi connectivity index (χ3n) is 1.94. The predicted molar refractivity (Wildman–Crippen MR) is 53.2 cm³/mol. The minimum atomic E-state index is -3.02. The number of hydrogen-bond acceptors (Lipinski definition) is 1. The highest BCUT2D eigenvalue weighted by molar-refractivity contribution is 5.21. The van der Waals surface area contributed by atoms with Crippen LogP contribution < -0.4 is 5.73 Å². The zero-order valence-electron chi connectivity index (χ0n) is 8.73. The van der Waals surface area contributed by atoms with E-state index in [0.29, 0.717) is 0 Å². The first-order valence-electron chi connectivity index (χ1n) is 4.63. The molecule has 1 aromatic rings. The summed E-state index contributed by atoms with van der Waals surface area (Å²) in [6, 6.07) is 4.21. The fourth-order valence-electron chi connectivity index (χ4n) is 1.37. The van der Waals surface area contributed by atoms with Crippen molar-refractivity contribution in [1.29, 1.82) is 0 Å². The van der Waals surface area contributed by atoms with E-state index in [0.717, 1.165) is 24.3 Å². The van der Waals surface area contributed by atoms with Gasteiger partial charge in [0.25, 0.3) is 5.92 Å². The topological polar surface area (TPSA) is 26.0 Å². The minimum Gasteiger partial charge on any atom is -0.325 e. The first kappa shape index (κ1) is 12.0. The lowest BCUT2D eigenvalue weighted by Gasteiger charge is -2.25. The molecule has 1 rings (SSSR count). The molecule has 0 heterocycles. The number of nitrogens with two attached hydrogens (primary N) is 1. The summed E-state index contributed by atoms with van der Waals surface area (Å²) < 4.78 is 39.7. The lowest BCUT2D eigenvalue weighted by atomic mass is 9.93. The molecule has 4 heteroatoms. The number of alkyl halides is 2. The van der Waals surface area contributed by atoms with Gasteiger partial charge in [0.05, 0.1) is 0 Å². The van der Waals surface area contributed by atoms with Gasteiger partial charge in [-0.15, -0.1) is 0 Å². The number of benzene rings is 1. The Morgan fingerprint density at radius 1 is 1.13 bits per heavy atom. The summed E-state index contributed by atoms with van der Waals surface area (Å²) >= 11 is 0. The van der Waals surface area contributed by atoms with E-state index in [1.165, 1.54) is 13.8 Å². The lowest BCUT2D eigenvalue weighted by molar-refractivity contribution is -0.0296. The fourth-order valence-corrected chi connectivity index (χ4v) is 1.37. The van der Waals surface area contributed by atoms with Gasteiger partial charge in [-0.2, -0.15) is 0 Å². The molecule has 1 nitrogen and oxygen atoms in total. The van der Waals surface area contributed by atoms with E-state index in [1.54, 1.807) is 0 Å². The molecule has 0 aliphatic heterocycles. The molecule has 0 atom stereocenters. The van der Waals surface area contributed by atoms with E-state index < -0.39 is 23.7 Å². The van der Waals surface area contributed by atoms with Crippen molar-refractivity contribution in [2.45, 2.75) is 31.7 Å². The van der Waals surface area contributed by atoms with Gasteiger partial charge in [-0.05, 0) is 26.0 Å². The first-order chi connectivity index (χ1) is 6.71. The molecule has 0 saturated carbocycles. The van der Waals surface area contributed by atoms with Gasteiger partial charge in [-0.3, -0.25) is 0 Å². The summed E-state index contributed by atoms with van der Waals surface area (Å²) in [5.74, 6) is -3.55. The Hall–Kier alpha value is -1.03. The summed E-state index contributed by atoms with van der Waals surface area (Å²) in [6.07, 6.45) is -0.467. The van der Waals surface area contributed by atoms with Crippen molar-refractivity contribution in [3.05, 3.63) is 35.6 Å². The number of rotatable bonds is 3. The van der Waals surface area contributed by atoms with Gasteiger partial charge in [0.2, 0.25) is 0 Å². The second-order valence-corrected chi connectivity index (χ2v) is 4.38. The normalized spacial score (nSPS) is 12.9. The summed E-state index contributed by atoms with van der Waals surface area (Å²) in [5, 5.41) is 0. The second kappa shape index (κ2) is 3.85. The standard InChI is InChI=1S/C11H14F3N/c1-10(2,15)7-11(13,14)8-3-5-9(12)6-4-8/h3-6H,7,15H2,1-2H3. The monoisotopic (exact) mass is 217 g/mol. The van der Waals surface area contributed by atoms with Crippen LogP contribution in [-0.4, -0.2) is 5.54 Å². The van der Waals surface area contributed by atoms with Gasteiger partial charge in [-0.25, -0.2) is 13.2 Å². The molecule has 0 fully saturated rings. The Morgan fingerprint density at radius 2 is 1.60 bits per heavy atom. The second-order valence-electron chi connectivity index (χ2n) is 4.38. The van der Waals surface area contributed by atoms with Crippen LogP contribution in [0.4, 0.5) is 13.2 Å². The number of hydrogen-bond donors (Lipinski definition) is 1. The maximum atomic E-state index is 13.6.